The molecule has 1 aromatic heterocycles. The van der Waals surface area contributed by atoms with Crippen molar-refractivity contribution in [2.75, 3.05) is 0 Å². The first-order valence-electron chi connectivity index (χ1n) is 8.60. The lowest BCUT2D eigenvalue weighted by Crippen LogP contribution is -2.37. The van der Waals surface area contributed by atoms with Crippen LogP contribution in [0.25, 0.3) is 11.0 Å². The SMILES string of the molecule is Cc1cc(=O)oc2cc(O[C@H](C)C(=O)N[C@H](C)c3ccc(F)cc3)ccc12. The minimum absolute atomic E-state index is 0.290. The number of carbonyl (C=O) groups is 1. The van der Waals surface area contributed by atoms with E-state index in [0.717, 1.165) is 16.5 Å². The maximum atomic E-state index is 13.0. The van der Waals surface area contributed by atoms with Gasteiger partial charge in [-0.15, -0.1) is 0 Å². The second kappa shape index (κ2) is 7.61. The van der Waals surface area contributed by atoms with Crippen molar-refractivity contribution in [2.45, 2.75) is 32.9 Å². The fraction of sp³-hybridized carbons (Fsp3) is 0.238. The summed E-state index contributed by atoms with van der Waals surface area (Å²) in [5.41, 5.74) is 1.58. The zero-order valence-electron chi connectivity index (χ0n) is 15.3. The van der Waals surface area contributed by atoms with E-state index in [0.29, 0.717) is 11.3 Å². The van der Waals surface area contributed by atoms with Gasteiger partial charge in [0.15, 0.2) is 6.10 Å². The highest BCUT2D eigenvalue weighted by Gasteiger charge is 2.18. The van der Waals surface area contributed by atoms with Crippen LogP contribution in [-0.2, 0) is 4.79 Å². The van der Waals surface area contributed by atoms with Crippen LogP contribution < -0.4 is 15.7 Å². The minimum atomic E-state index is -0.762. The predicted octanol–water partition coefficient (Wildman–Crippen LogP) is 3.89. The number of rotatable bonds is 5. The summed E-state index contributed by atoms with van der Waals surface area (Å²) in [6.07, 6.45) is -0.762. The number of benzene rings is 2. The molecule has 5 nitrogen and oxygen atoms in total. The normalized spacial score (nSPS) is 13.2. The number of amides is 1. The van der Waals surface area contributed by atoms with Crippen LogP contribution in [0.2, 0.25) is 0 Å². The molecule has 0 spiro atoms. The fourth-order valence-electron chi connectivity index (χ4n) is 2.80. The first kappa shape index (κ1) is 18.6. The standard InChI is InChI=1S/C21H20FNO4/c1-12-10-20(24)27-19-11-17(8-9-18(12)19)26-14(3)21(25)23-13(2)15-4-6-16(22)7-5-15/h4-11,13-14H,1-3H3,(H,23,25)/t13-,14-/m1/s1. The number of carbonyl (C=O) groups excluding carboxylic acids is 1. The Kier molecular flexibility index (Phi) is 5.26. The molecule has 2 aromatic carbocycles. The predicted molar refractivity (Wildman–Crippen MR) is 100 cm³/mol. The summed E-state index contributed by atoms with van der Waals surface area (Å²) in [6, 6.07) is 12.2. The Hall–Kier alpha value is -3.15. The number of hydrogen-bond donors (Lipinski definition) is 1. The molecule has 0 fully saturated rings. The Bertz CT molecular complexity index is 1030. The van der Waals surface area contributed by atoms with E-state index in [1.807, 2.05) is 13.8 Å². The molecule has 0 aliphatic heterocycles. The third-order valence-electron chi connectivity index (χ3n) is 4.33. The van der Waals surface area contributed by atoms with Gasteiger partial charge >= 0.3 is 5.63 Å². The molecule has 0 bridgehead atoms. The molecule has 27 heavy (non-hydrogen) atoms. The third-order valence-corrected chi connectivity index (χ3v) is 4.33. The topological polar surface area (TPSA) is 68.5 Å². The van der Waals surface area contributed by atoms with E-state index in [2.05, 4.69) is 5.32 Å². The number of hydrogen-bond acceptors (Lipinski definition) is 4. The van der Waals surface area contributed by atoms with Crippen LogP contribution in [0.5, 0.6) is 5.75 Å². The van der Waals surface area contributed by atoms with E-state index in [1.54, 1.807) is 37.3 Å². The van der Waals surface area contributed by atoms with E-state index in [9.17, 15) is 14.0 Å². The average molecular weight is 369 g/mol. The quantitative estimate of drug-likeness (QED) is 0.693. The molecule has 0 aliphatic carbocycles. The van der Waals surface area contributed by atoms with Gasteiger partial charge in [0.05, 0.1) is 6.04 Å². The zero-order valence-corrected chi connectivity index (χ0v) is 15.3. The molecule has 140 valence electrons. The van der Waals surface area contributed by atoms with Crippen LogP contribution in [-0.4, -0.2) is 12.0 Å². The number of nitrogens with one attached hydrogen (secondary N) is 1. The molecule has 0 unspecified atom stereocenters. The van der Waals surface area contributed by atoms with E-state index in [1.165, 1.54) is 18.2 Å². The first-order valence-corrected chi connectivity index (χ1v) is 8.60. The summed E-state index contributed by atoms with van der Waals surface area (Å²) < 4.78 is 23.9. The van der Waals surface area contributed by atoms with Crippen molar-refractivity contribution in [2.24, 2.45) is 0 Å². The fourth-order valence-corrected chi connectivity index (χ4v) is 2.80. The van der Waals surface area contributed by atoms with Crippen molar-refractivity contribution in [3.05, 3.63) is 75.9 Å². The molecular formula is C21H20FNO4. The Morgan fingerprint density at radius 2 is 1.81 bits per heavy atom. The Balaban J connectivity index is 1.69. The van der Waals surface area contributed by atoms with Crippen molar-refractivity contribution in [1.82, 2.24) is 5.32 Å². The molecule has 0 saturated carbocycles. The van der Waals surface area contributed by atoms with E-state index in [-0.39, 0.29) is 17.8 Å². The van der Waals surface area contributed by atoms with Crippen molar-refractivity contribution in [1.29, 1.82) is 0 Å². The van der Waals surface area contributed by atoms with Crippen molar-refractivity contribution >= 4 is 16.9 Å². The molecule has 0 saturated heterocycles. The highest BCUT2D eigenvalue weighted by Crippen LogP contribution is 2.23. The third kappa shape index (κ3) is 4.34. The molecule has 3 rings (SSSR count). The summed E-state index contributed by atoms with van der Waals surface area (Å²) >= 11 is 0. The molecule has 1 amide bonds. The van der Waals surface area contributed by atoms with Crippen LogP contribution in [0.15, 0.2) is 57.7 Å². The van der Waals surface area contributed by atoms with Crippen molar-refractivity contribution < 1.29 is 18.3 Å². The second-order valence-electron chi connectivity index (χ2n) is 6.45. The Labute approximate surface area is 155 Å². The van der Waals surface area contributed by atoms with E-state index >= 15 is 0 Å². The molecule has 6 heteroatoms. The smallest absolute Gasteiger partial charge is 0.336 e. The summed E-state index contributed by atoms with van der Waals surface area (Å²) in [5.74, 6) is -0.210. The molecule has 0 aliphatic rings. The first-order chi connectivity index (χ1) is 12.8. The maximum absolute atomic E-state index is 13.0. The monoisotopic (exact) mass is 369 g/mol. The molecule has 0 radical (unpaired) electrons. The second-order valence-corrected chi connectivity index (χ2v) is 6.45. The highest BCUT2D eigenvalue weighted by molar-refractivity contribution is 5.83. The largest absolute Gasteiger partial charge is 0.481 e. The van der Waals surface area contributed by atoms with E-state index in [4.69, 9.17) is 9.15 Å². The van der Waals surface area contributed by atoms with Crippen LogP contribution in [0.1, 0.15) is 31.0 Å². The lowest BCUT2D eigenvalue weighted by molar-refractivity contribution is -0.127. The van der Waals surface area contributed by atoms with E-state index < -0.39 is 11.7 Å². The highest BCUT2D eigenvalue weighted by atomic mass is 19.1. The average Bonchev–Trinajstić information content (AvgIpc) is 2.61. The number of ether oxygens (including phenoxy) is 1. The summed E-state index contributed by atoms with van der Waals surface area (Å²) in [5, 5.41) is 3.64. The molecule has 1 N–H and O–H groups in total. The zero-order chi connectivity index (χ0) is 19.6. The van der Waals surface area contributed by atoms with Gasteiger partial charge < -0.3 is 14.5 Å². The Morgan fingerprint density at radius 1 is 1.11 bits per heavy atom. The maximum Gasteiger partial charge on any atom is 0.336 e. The number of fused-ring (bicyclic) bond motifs is 1. The number of halogens is 1. The van der Waals surface area contributed by atoms with Gasteiger partial charge in [0, 0.05) is 17.5 Å². The van der Waals surface area contributed by atoms with Crippen LogP contribution in [0.4, 0.5) is 4.39 Å². The lowest BCUT2D eigenvalue weighted by atomic mass is 10.1. The van der Waals surface area contributed by atoms with Crippen LogP contribution in [0.3, 0.4) is 0 Å². The van der Waals surface area contributed by atoms with Gasteiger partial charge in [0.1, 0.15) is 17.1 Å². The Morgan fingerprint density at radius 3 is 2.52 bits per heavy atom. The van der Waals surface area contributed by atoms with Gasteiger partial charge in [-0.1, -0.05) is 12.1 Å². The van der Waals surface area contributed by atoms with Gasteiger partial charge in [-0.2, -0.15) is 0 Å². The minimum Gasteiger partial charge on any atom is -0.481 e. The molecule has 1 heterocycles. The van der Waals surface area contributed by atoms with Crippen molar-refractivity contribution in [3.63, 3.8) is 0 Å². The summed E-state index contributed by atoms with van der Waals surface area (Å²) in [7, 11) is 0. The van der Waals surface area contributed by atoms with Crippen molar-refractivity contribution in [3.8, 4) is 5.75 Å². The van der Waals surface area contributed by atoms with Gasteiger partial charge in [-0.25, -0.2) is 9.18 Å². The lowest BCUT2D eigenvalue weighted by Gasteiger charge is -2.19. The van der Waals surface area contributed by atoms with Gasteiger partial charge in [0.2, 0.25) is 0 Å². The molecule has 2 atom stereocenters. The van der Waals surface area contributed by atoms with Crippen LogP contribution >= 0.6 is 0 Å². The number of aryl methyl sites for hydroxylation is 1. The summed E-state index contributed by atoms with van der Waals surface area (Å²) in [4.78, 5) is 23.9. The van der Waals surface area contributed by atoms with Gasteiger partial charge in [-0.3, -0.25) is 4.79 Å². The summed E-state index contributed by atoms with van der Waals surface area (Å²) in [6.45, 7) is 5.27. The molecular weight excluding hydrogens is 349 g/mol. The van der Waals surface area contributed by atoms with Crippen LogP contribution in [0, 0.1) is 12.7 Å². The molecule has 3 aromatic rings. The van der Waals surface area contributed by atoms with Gasteiger partial charge in [-0.05, 0) is 56.2 Å². The van der Waals surface area contributed by atoms with Gasteiger partial charge in [0.25, 0.3) is 5.91 Å².